The van der Waals surface area contributed by atoms with E-state index < -0.39 is 0 Å². The second kappa shape index (κ2) is 5.44. The summed E-state index contributed by atoms with van der Waals surface area (Å²) in [4.78, 5) is 2.55. The number of aromatic nitrogens is 1. The van der Waals surface area contributed by atoms with Crippen molar-refractivity contribution in [3.63, 3.8) is 0 Å². The Morgan fingerprint density at radius 3 is 2.09 bits per heavy atom. The molecule has 2 unspecified atom stereocenters. The zero-order valence-corrected chi connectivity index (χ0v) is 13.5. The molecular formula is C20H24N2. The molecule has 1 fully saturated rings. The van der Waals surface area contributed by atoms with Gasteiger partial charge in [0.25, 0.3) is 0 Å². The summed E-state index contributed by atoms with van der Waals surface area (Å²) in [7, 11) is 2.29. The van der Waals surface area contributed by atoms with Crippen LogP contribution in [0.2, 0.25) is 0 Å². The number of benzene rings is 2. The highest BCUT2D eigenvalue weighted by Crippen LogP contribution is 2.30. The lowest BCUT2D eigenvalue weighted by atomic mass is 9.94. The highest BCUT2D eigenvalue weighted by Gasteiger charge is 2.24. The monoisotopic (exact) mass is 292 g/mol. The molecular weight excluding hydrogens is 268 g/mol. The number of nitrogens with zero attached hydrogens (tertiary/aromatic N) is 2. The van der Waals surface area contributed by atoms with Crippen LogP contribution in [0.3, 0.4) is 0 Å². The van der Waals surface area contributed by atoms with Gasteiger partial charge in [0, 0.05) is 40.9 Å². The SMILES string of the molecule is CC1CCC(Cn2c3ccccc3c3ccccc32)N(C)C1. The molecule has 0 N–H and O–H groups in total. The summed E-state index contributed by atoms with van der Waals surface area (Å²) in [6, 6.07) is 18.3. The van der Waals surface area contributed by atoms with Crippen LogP contribution in [0.4, 0.5) is 0 Å². The van der Waals surface area contributed by atoms with Gasteiger partial charge in [0.2, 0.25) is 0 Å². The van der Waals surface area contributed by atoms with E-state index in [4.69, 9.17) is 0 Å². The molecule has 1 aliphatic heterocycles. The van der Waals surface area contributed by atoms with E-state index in [-0.39, 0.29) is 0 Å². The average molecular weight is 292 g/mol. The van der Waals surface area contributed by atoms with Crippen LogP contribution in [-0.4, -0.2) is 29.1 Å². The van der Waals surface area contributed by atoms with Crippen LogP contribution < -0.4 is 0 Å². The zero-order chi connectivity index (χ0) is 15.1. The number of piperidine rings is 1. The molecule has 0 amide bonds. The Balaban J connectivity index is 1.80. The molecule has 1 aliphatic rings. The molecule has 0 radical (unpaired) electrons. The largest absolute Gasteiger partial charge is 0.339 e. The smallest absolute Gasteiger partial charge is 0.0491 e. The van der Waals surface area contributed by atoms with E-state index in [0.717, 1.165) is 12.5 Å². The van der Waals surface area contributed by atoms with Gasteiger partial charge in [0.1, 0.15) is 0 Å². The van der Waals surface area contributed by atoms with Gasteiger partial charge in [-0.3, -0.25) is 0 Å². The lowest BCUT2D eigenvalue weighted by Crippen LogP contribution is -2.42. The summed E-state index contributed by atoms with van der Waals surface area (Å²) < 4.78 is 2.53. The molecule has 0 aliphatic carbocycles. The molecule has 0 bridgehead atoms. The fraction of sp³-hybridized carbons (Fsp3) is 0.400. The maximum absolute atomic E-state index is 2.55. The van der Waals surface area contributed by atoms with E-state index in [2.05, 4.69) is 72.0 Å². The highest BCUT2D eigenvalue weighted by molar-refractivity contribution is 6.07. The Morgan fingerprint density at radius 1 is 0.909 bits per heavy atom. The summed E-state index contributed by atoms with van der Waals surface area (Å²) in [5.41, 5.74) is 2.74. The lowest BCUT2D eigenvalue weighted by Gasteiger charge is -2.36. The third kappa shape index (κ3) is 2.22. The lowest BCUT2D eigenvalue weighted by molar-refractivity contribution is 0.133. The summed E-state index contributed by atoms with van der Waals surface area (Å²) in [5.74, 6) is 0.833. The molecule has 2 heteroatoms. The Bertz CT molecular complexity index is 748. The fourth-order valence-corrected chi connectivity index (χ4v) is 4.07. The third-order valence-electron chi connectivity index (χ3n) is 5.29. The minimum atomic E-state index is 0.649. The first kappa shape index (κ1) is 13.8. The number of hydrogen-bond acceptors (Lipinski definition) is 1. The highest BCUT2D eigenvalue weighted by atomic mass is 15.2. The maximum atomic E-state index is 2.55. The van der Waals surface area contributed by atoms with E-state index >= 15 is 0 Å². The molecule has 114 valence electrons. The molecule has 2 aromatic carbocycles. The van der Waals surface area contributed by atoms with E-state index in [1.54, 1.807) is 0 Å². The first-order chi connectivity index (χ1) is 10.7. The van der Waals surface area contributed by atoms with E-state index in [9.17, 15) is 0 Å². The van der Waals surface area contributed by atoms with Crippen LogP contribution in [-0.2, 0) is 6.54 Å². The van der Waals surface area contributed by atoms with Gasteiger partial charge in [0.15, 0.2) is 0 Å². The first-order valence-corrected chi connectivity index (χ1v) is 8.40. The van der Waals surface area contributed by atoms with Crippen molar-refractivity contribution in [2.75, 3.05) is 13.6 Å². The van der Waals surface area contributed by atoms with Crippen molar-refractivity contribution >= 4 is 21.8 Å². The summed E-state index contributed by atoms with van der Waals surface area (Å²) >= 11 is 0. The average Bonchev–Trinajstić information content (AvgIpc) is 2.85. The van der Waals surface area contributed by atoms with Gasteiger partial charge >= 0.3 is 0 Å². The Hall–Kier alpha value is -1.80. The normalized spacial score (nSPS) is 23.4. The topological polar surface area (TPSA) is 8.17 Å². The van der Waals surface area contributed by atoms with Gasteiger partial charge in [-0.05, 0) is 37.9 Å². The predicted molar refractivity (Wildman–Crippen MR) is 94.3 cm³/mol. The van der Waals surface area contributed by atoms with Crippen molar-refractivity contribution < 1.29 is 0 Å². The van der Waals surface area contributed by atoms with Crippen LogP contribution >= 0.6 is 0 Å². The number of likely N-dealkylation sites (N-methyl/N-ethyl adjacent to an activating group) is 1. The van der Waals surface area contributed by atoms with Crippen LogP contribution in [0.25, 0.3) is 21.8 Å². The Morgan fingerprint density at radius 2 is 1.50 bits per heavy atom. The minimum Gasteiger partial charge on any atom is -0.339 e. The Kier molecular flexibility index (Phi) is 3.42. The van der Waals surface area contributed by atoms with Gasteiger partial charge in [-0.1, -0.05) is 43.3 Å². The van der Waals surface area contributed by atoms with Crippen LogP contribution in [0.5, 0.6) is 0 Å². The minimum absolute atomic E-state index is 0.649. The molecule has 22 heavy (non-hydrogen) atoms. The van der Waals surface area contributed by atoms with Gasteiger partial charge in [-0.2, -0.15) is 0 Å². The summed E-state index contributed by atoms with van der Waals surface area (Å²) in [6.45, 7) is 4.69. The molecule has 2 atom stereocenters. The van der Waals surface area contributed by atoms with Crippen molar-refractivity contribution in [3.8, 4) is 0 Å². The van der Waals surface area contributed by atoms with E-state index in [0.29, 0.717) is 6.04 Å². The second-order valence-corrected chi connectivity index (χ2v) is 6.92. The van der Waals surface area contributed by atoms with Gasteiger partial charge in [-0.15, -0.1) is 0 Å². The second-order valence-electron chi connectivity index (χ2n) is 6.92. The molecule has 0 spiro atoms. The van der Waals surface area contributed by atoms with Crippen LogP contribution in [0.15, 0.2) is 48.5 Å². The van der Waals surface area contributed by atoms with Crippen LogP contribution in [0, 0.1) is 5.92 Å². The Labute approximate surface area is 132 Å². The summed E-state index contributed by atoms with van der Waals surface area (Å²) in [5, 5.41) is 2.76. The summed E-state index contributed by atoms with van der Waals surface area (Å²) in [6.07, 6.45) is 2.66. The molecule has 1 saturated heterocycles. The number of rotatable bonds is 2. The van der Waals surface area contributed by atoms with Crippen molar-refractivity contribution in [2.24, 2.45) is 5.92 Å². The van der Waals surface area contributed by atoms with Crippen molar-refractivity contribution in [1.82, 2.24) is 9.47 Å². The van der Waals surface area contributed by atoms with E-state index in [1.807, 2.05) is 0 Å². The van der Waals surface area contributed by atoms with Crippen molar-refractivity contribution in [2.45, 2.75) is 32.4 Å². The fourth-order valence-electron chi connectivity index (χ4n) is 4.07. The molecule has 0 saturated carbocycles. The standard InChI is InChI=1S/C20H24N2/c1-15-11-12-16(21(2)13-15)14-22-19-9-5-3-7-17(19)18-8-4-6-10-20(18)22/h3-10,15-16H,11-14H2,1-2H3. The molecule has 2 nitrogen and oxygen atoms in total. The number of fused-ring (bicyclic) bond motifs is 3. The van der Waals surface area contributed by atoms with Crippen molar-refractivity contribution in [1.29, 1.82) is 0 Å². The van der Waals surface area contributed by atoms with Gasteiger partial charge in [-0.25, -0.2) is 0 Å². The third-order valence-corrected chi connectivity index (χ3v) is 5.29. The van der Waals surface area contributed by atoms with Gasteiger partial charge in [0.05, 0.1) is 0 Å². The number of likely N-dealkylation sites (tertiary alicyclic amines) is 1. The van der Waals surface area contributed by atoms with Crippen LogP contribution in [0.1, 0.15) is 19.8 Å². The number of para-hydroxylation sites is 2. The zero-order valence-electron chi connectivity index (χ0n) is 13.5. The molecule has 3 aromatic rings. The quantitative estimate of drug-likeness (QED) is 0.674. The molecule has 4 rings (SSSR count). The van der Waals surface area contributed by atoms with Gasteiger partial charge < -0.3 is 9.47 Å². The number of hydrogen-bond donors (Lipinski definition) is 0. The molecule has 2 heterocycles. The van der Waals surface area contributed by atoms with E-state index in [1.165, 1.54) is 41.2 Å². The first-order valence-electron chi connectivity index (χ1n) is 8.40. The van der Waals surface area contributed by atoms with Crippen molar-refractivity contribution in [3.05, 3.63) is 48.5 Å². The predicted octanol–water partition coefficient (Wildman–Crippen LogP) is 4.52. The molecule has 1 aromatic heterocycles. The maximum Gasteiger partial charge on any atom is 0.0491 e.